The second-order valence-electron chi connectivity index (χ2n) is 5.17. The van der Waals surface area contributed by atoms with E-state index in [1.165, 1.54) is 26.0 Å². The number of hydrogen-bond donors (Lipinski definition) is 1. The van der Waals surface area contributed by atoms with Crippen LogP contribution >= 0.6 is 0 Å². The lowest BCUT2D eigenvalue weighted by Crippen LogP contribution is -2.68. The van der Waals surface area contributed by atoms with Crippen molar-refractivity contribution in [2.75, 3.05) is 6.54 Å². The van der Waals surface area contributed by atoms with Gasteiger partial charge in [0.25, 0.3) is 5.91 Å². The van der Waals surface area contributed by atoms with Crippen molar-refractivity contribution >= 4 is 11.8 Å². The van der Waals surface area contributed by atoms with E-state index in [9.17, 15) is 22.8 Å². The fourth-order valence-corrected chi connectivity index (χ4v) is 2.44. The van der Waals surface area contributed by atoms with Crippen LogP contribution < -0.4 is 5.32 Å². The average molecular weight is 300 g/mol. The highest BCUT2D eigenvalue weighted by atomic mass is 19.4. The molecule has 7 heteroatoms. The number of hydrogen-bond acceptors (Lipinski definition) is 2. The molecule has 1 heterocycles. The Labute approximate surface area is 119 Å². The molecule has 0 spiro atoms. The largest absolute Gasteiger partial charge is 0.406 e. The molecule has 0 radical (unpaired) electrons. The molecule has 0 aliphatic carbocycles. The highest BCUT2D eigenvalue weighted by molar-refractivity contribution is 6.00. The van der Waals surface area contributed by atoms with Gasteiger partial charge in [0.2, 0.25) is 5.91 Å². The lowest BCUT2D eigenvalue weighted by atomic mass is 9.86. The maximum absolute atomic E-state index is 12.8. The summed E-state index contributed by atoms with van der Waals surface area (Å²) in [6.45, 7) is 1.23. The van der Waals surface area contributed by atoms with Crippen molar-refractivity contribution in [1.29, 1.82) is 0 Å². The molecule has 4 nitrogen and oxygen atoms in total. The number of piperazine rings is 1. The molecule has 2 atom stereocenters. The zero-order chi connectivity index (χ0) is 15.8. The number of carbonyl (C=O) groups is 2. The molecule has 1 N–H and O–H groups in total. The standard InChI is InChI=1S/C14H15F3N2O2/c1-9-11(20)19(8-14(15,16)17)13(2,12(21)18-9)10-6-4-3-5-7-10/h3-7,9H,8H2,1-2H3,(H,18,21). The Morgan fingerprint density at radius 1 is 1.24 bits per heavy atom. The third kappa shape index (κ3) is 2.72. The first-order valence-electron chi connectivity index (χ1n) is 6.41. The number of halogens is 3. The van der Waals surface area contributed by atoms with E-state index in [0.29, 0.717) is 10.5 Å². The summed E-state index contributed by atoms with van der Waals surface area (Å²) >= 11 is 0. The Kier molecular flexibility index (Phi) is 3.69. The zero-order valence-corrected chi connectivity index (χ0v) is 11.6. The highest BCUT2D eigenvalue weighted by Gasteiger charge is 2.52. The molecule has 1 aliphatic heterocycles. The Hall–Kier alpha value is -2.05. The number of alkyl halides is 3. The molecular formula is C14H15F3N2O2. The molecule has 1 fully saturated rings. The van der Waals surface area contributed by atoms with E-state index in [-0.39, 0.29) is 0 Å². The molecule has 1 aromatic rings. The normalized spacial score (nSPS) is 26.7. The summed E-state index contributed by atoms with van der Waals surface area (Å²) in [6.07, 6.45) is -4.58. The van der Waals surface area contributed by atoms with Crippen molar-refractivity contribution in [1.82, 2.24) is 10.2 Å². The van der Waals surface area contributed by atoms with Crippen LogP contribution in [0.1, 0.15) is 19.4 Å². The molecule has 21 heavy (non-hydrogen) atoms. The maximum Gasteiger partial charge on any atom is 0.406 e. The van der Waals surface area contributed by atoms with Crippen molar-refractivity contribution < 1.29 is 22.8 Å². The van der Waals surface area contributed by atoms with Gasteiger partial charge in [-0.15, -0.1) is 0 Å². The lowest BCUT2D eigenvalue weighted by molar-refractivity contribution is -0.182. The summed E-state index contributed by atoms with van der Waals surface area (Å²) < 4.78 is 38.4. The van der Waals surface area contributed by atoms with E-state index in [1.54, 1.807) is 18.2 Å². The number of amides is 2. The van der Waals surface area contributed by atoms with Gasteiger partial charge in [-0.25, -0.2) is 0 Å². The van der Waals surface area contributed by atoms with Gasteiger partial charge in [0.15, 0.2) is 0 Å². The van der Waals surface area contributed by atoms with Gasteiger partial charge in [-0.2, -0.15) is 13.2 Å². The summed E-state index contributed by atoms with van der Waals surface area (Å²) in [5.41, 5.74) is -1.34. The first kappa shape index (κ1) is 15.3. The van der Waals surface area contributed by atoms with Crippen LogP contribution in [0.4, 0.5) is 13.2 Å². The van der Waals surface area contributed by atoms with E-state index in [1.807, 2.05) is 0 Å². The second kappa shape index (κ2) is 5.05. The number of carbonyl (C=O) groups excluding carboxylic acids is 2. The molecule has 114 valence electrons. The van der Waals surface area contributed by atoms with E-state index in [0.717, 1.165) is 0 Å². The zero-order valence-electron chi connectivity index (χ0n) is 11.6. The minimum atomic E-state index is -4.58. The van der Waals surface area contributed by atoms with Gasteiger partial charge in [0.1, 0.15) is 18.1 Å². The minimum Gasteiger partial charge on any atom is -0.342 e. The van der Waals surface area contributed by atoms with Crippen LogP contribution in [0.2, 0.25) is 0 Å². The Morgan fingerprint density at radius 3 is 2.33 bits per heavy atom. The lowest BCUT2D eigenvalue weighted by Gasteiger charge is -2.46. The highest BCUT2D eigenvalue weighted by Crippen LogP contribution is 2.34. The second-order valence-corrected chi connectivity index (χ2v) is 5.17. The number of nitrogens with one attached hydrogen (secondary N) is 1. The average Bonchev–Trinajstić information content (AvgIpc) is 2.41. The summed E-state index contributed by atoms with van der Waals surface area (Å²) in [7, 11) is 0. The van der Waals surface area contributed by atoms with Gasteiger partial charge in [-0.1, -0.05) is 30.3 Å². The van der Waals surface area contributed by atoms with Crippen LogP contribution in [0, 0.1) is 0 Å². The summed E-state index contributed by atoms with van der Waals surface area (Å²) in [5, 5.41) is 2.44. The summed E-state index contributed by atoms with van der Waals surface area (Å²) in [5.74, 6) is -1.37. The van der Waals surface area contributed by atoms with Crippen molar-refractivity contribution in [3.63, 3.8) is 0 Å². The summed E-state index contributed by atoms with van der Waals surface area (Å²) in [6, 6.07) is 7.01. The van der Waals surface area contributed by atoms with Crippen molar-refractivity contribution in [3.8, 4) is 0 Å². The first-order chi connectivity index (χ1) is 9.66. The van der Waals surface area contributed by atoms with Crippen molar-refractivity contribution in [2.24, 2.45) is 0 Å². The third-order valence-electron chi connectivity index (χ3n) is 3.64. The molecule has 2 unspecified atom stereocenters. The topological polar surface area (TPSA) is 49.4 Å². The van der Waals surface area contributed by atoms with Gasteiger partial charge >= 0.3 is 6.18 Å². The number of benzene rings is 1. The predicted octanol–water partition coefficient (Wildman–Crippen LogP) is 1.81. The Bertz CT molecular complexity index is 559. The fraction of sp³-hybridized carbons (Fsp3) is 0.429. The van der Waals surface area contributed by atoms with Crippen LogP contribution in [0.25, 0.3) is 0 Å². The van der Waals surface area contributed by atoms with Crippen LogP contribution in [0.3, 0.4) is 0 Å². The Morgan fingerprint density at radius 2 is 1.81 bits per heavy atom. The molecule has 1 aliphatic rings. The molecule has 2 rings (SSSR count). The van der Waals surface area contributed by atoms with Gasteiger partial charge in [0.05, 0.1) is 0 Å². The van der Waals surface area contributed by atoms with Gasteiger partial charge in [-0.3, -0.25) is 9.59 Å². The predicted molar refractivity (Wildman–Crippen MR) is 69.2 cm³/mol. The minimum absolute atomic E-state index is 0.340. The molecule has 1 saturated heterocycles. The van der Waals surface area contributed by atoms with Gasteiger partial charge in [0, 0.05) is 0 Å². The smallest absolute Gasteiger partial charge is 0.342 e. The van der Waals surface area contributed by atoms with Crippen LogP contribution in [-0.2, 0) is 15.1 Å². The van der Waals surface area contributed by atoms with E-state index in [4.69, 9.17) is 0 Å². The molecular weight excluding hydrogens is 285 g/mol. The van der Waals surface area contributed by atoms with Gasteiger partial charge < -0.3 is 10.2 Å². The molecule has 0 saturated carbocycles. The maximum atomic E-state index is 12.8. The van der Waals surface area contributed by atoms with Gasteiger partial charge in [-0.05, 0) is 19.4 Å². The van der Waals surface area contributed by atoms with Crippen LogP contribution in [0.15, 0.2) is 30.3 Å². The molecule has 0 aromatic heterocycles. The monoisotopic (exact) mass is 300 g/mol. The molecule has 2 amide bonds. The van der Waals surface area contributed by atoms with E-state index >= 15 is 0 Å². The summed E-state index contributed by atoms with van der Waals surface area (Å²) in [4.78, 5) is 25.0. The Balaban J connectivity index is 2.52. The van der Waals surface area contributed by atoms with Crippen LogP contribution in [-0.4, -0.2) is 35.5 Å². The molecule has 1 aromatic carbocycles. The third-order valence-corrected chi connectivity index (χ3v) is 3.64. The first-order valence-corrected chi connectivity index (χ1v) is 6.41. The van der Waals surface area contributed by atoms with E-state index < -0.39 is 36.1 Å². The van der Waals surface area contributed by atoms with Crippen molar-refractivity contribution in [3.05, 3.63) is 35.9 Å². The number of nitrogens with zero attached hydrogens (tertiary/aromatic N) is 1. The SMILES string of the molecule is CC1NC(=O)C(C)(c2ccccc2)N(CC(F)(F)F)C1=O. The fourth-order valence-electron chi connectivity index (χ4n) is 2.44. The van der Waals surface area contributed by atoms with Crippen LogP contribution in [0.5, 0.6) is 0 Å². The molecule has 0 bridgehead atoms. The number of rotatable bonds is 2. The quantitative estimate of drug-likeness (QED) is 0.905. The van der Waals surface area contributed by atoms with E-state index in [2.05, 4.69) is 5.32 Å². The van der Waals surface area contributed by atoms with Crippen molar-refractivity contribution in [2.45, 2.75) is 31.6 Å².